The Labute approximate surface area is 367 Å². The van der Waals surface area contributed by atoms with E-state index in [1.807, 2.05) is 24.4 Å². The van der Waals surface area contributed by atoms with Crippen LogP contribution in [-0.2, 0) is 42.9 Å². The predicted molar refractivity (Wildman–Crippen MR) is 234 cm³/mol. The maximum atomic E-state index is 13.0. The molecule has 0 radical (unpaired) electrons. The summed E-state index contributed by atoms with van der Waals surface area (Å²) in [4.78, 5) is 90.3. The number of ether oxygens (including phenoxy) is 5. The first-order chi connectivity index (χ1) is 31.1. The number of urea groups is 1. The molecular formula is C44H50N8O12. The van der Waals surface area contributed by atoms with Crippen molar-refractivity contribution in [3.8, 4) is 0 Å². The Morgan fingerprint density at radius 2 is 1.17 bits per heavy atom. The Kier molecular flexibility index (Phi) is 17.5. The van der Waals surface area contributed by atoms with Crippen LogP contribution in [-0.4, -0.2) is 137 Å². The molecule has 7 N–H and O–H groups in total. The van der Waals surface area contributed by atoms with Gasteiger partial charge in [0.05, 0.1) is 77.2 Å². The zero-order chi connectivity index (χ0) is 45.1. The maximum Gasteiger partial charge on any atom is 0.323 e. The number of fused-ring (bicyclic) bond motifs is 2. The van der Waals surface area contributed by atoms with Gasteiger partial charge in [0, 0.05) is 71.5 Å². The smallest absolute Gasteiger partial charge is 0.323 e. The van der Waals surface area contributed by atoms with Gasteiger partial charge in [-0.1, -0.05) is 0 Å². The van der Waals surface area contributed by atoms with Crippen molar-refractivity contribution in [3.63, 3.8) is 0 Å². The summed E-state index contributed by atoms with van der Waals surface area (Å²) in [7, 11) is 0. The first-order valence-corrected chi connectivity index (χ1v) is 20.6. The summed E-state index contributed by atoms with van der Waals surface area (Å²) in [6.07, 6.45) is 4.23. The van der Waals surface area contributed by atoms with Gasteiger partial charge in [0.1, 0.15) is 6.04 Å². The minimum atomic E-state index is -1.01. The second-order valence-corrected chi connectivity index (χ2v) is 14.2. The van der Waals surface area contributed by atoms with Crippen LogP contribution in [0.5, 0.6) is 0 Å². The number of hydrogen-bond donors (Lipinski definition) is 7. The lowest BCUT2D eigenvalue weighted by molar-refractivity contribution is -0.136. The first-order valence-electron chi connectivity index (χ1n) is 20.6. The summed E-state index contributed by atoms with van der Waals surface area (Å²) in [6, 6.07) is 17.4. The van der Waals surface area contributed by atoms with Crippen LogP contribution in [0.25, 0.3) is 10.9 Å². The van der Waals surface area contributed by atoms with Gasteiger partial charge in [-0.25, -0.2) is 4.79 Å². The van der Waals surface area contributed by atoms with E-state index in [4.69, 9.17) is 23.7 Å². The van der Waals surface area contributed by atoms with Crippen molar-refractivity contribution in [3.05, 3.63) is 96.2 Å². The van der Waals surface area contributed by atoms with Gasteiger partial charge < -0.3 is 55.3 Å². The Hall–Kier alpha value is -6.97. The van der Waals surface area contributed by atoms with Gasteiger partial charge in [-0.2, -0.15) is 0 Å². The van der Waals surface area contributed by atoms with Gasteiger partial charge in [0.15, 0.2) is 0 Å². The molecule has 338 valence electrons. The van der Waals surface area contributed by atoms with Crippen LogP contribution < -0.4 is 31.9 Å². The zero-order valence-corrected chi connectivity index (χ0v) is 34.9. The van der Waals surface area contributed by atoms with Crippen LogP contribution >= 0.6 is 0 Å². The monoisotopic (exact) mass is 882 g/mol. The molecule has 2 aliphatic rings. The van der Waals surface area contributed by atoms with Gasteiger partial charge in [0.25, 0.3) is 11.8 Å². The molecule has 0 saturated carbocycles. The largest absolute Gasteiger partial charge is 0.383 e. The molecule has 0 aliphatic carbocycles. The van der Waals surface area contributed by atoms with Crippen molar-refractivity contribution in [2.45, 2.75) is 18.9 Å². The van der Waals surface area contributed by atoms with Crippen LogP contribution in [0.3, 0.4) is 0 Å². The number of anilines is 4. The number of hydrogen-bond acceptors (Lipinski definition) is 13. The van der Waals surface area contributed by atoms with E-state index in [0.29, 0.717) is 88.8 Å². The molecule has 1 fully saturated rings. The van der Waals surface area contributed by atoms with Crippen molar-refractivity contribution in [2.75, 3.05) is 100 Å². The molecule has 1 atom stereocenters. The number of H-pyrrole nitrogens is 1. The summed E-state index contributed by atoms with van der Waals surface area (Å²) < 4.78 is 27.5. The lowest BCUT2D eigenvalue weighted by Crippen LogP contribution is -2.54. The molecule has 2 aliphatic heterocycles. The molecule has 6 rings (SSSR count). The number of benzene rings is 3. The second-order valence-electron chi connectivity index (χ2n) is 14.2. The Balaban J connectivity index is 0.693. The highest BCUT2D eigenvalue weighted by Crippen LogP contribution is 2.29. The van der Waals surface area contributed by atoms with Crippen molar-refractivity contribution in [2.24, 2.45) is 0 Å². The average molecular weight is 883 g/mol. The molecule has 0 bridgehead atoms. The van der Waals surface area contributed by atoms with Crippen LogP contribution in [0.1, 0.15) is 33.6 Å². The summed E-state index contributed by atoms with van der Waals surface area (Å²) in [5, 5.41) is 17.1. The Bertz CT molecular complexity index is 2310. The fraction of sp³-hybridized carbons (Fsp3) is 0.341. The lowest BCUT2D eigenvalue weighted by Gasteiger charge is -2.27. The molecule has 64 heavy (non-hydrogen) atoms. The predicted octanol–water partition coefficient (Wildman–Crippen LogP) is 3.02. The number of imide groups is 2. The third-order valence-corrected chi connectivity index (χ3v) is 9.66. The number of nitrogens with one attached hydrogen (secondary N) is 7. The van der Waals surface area contributed by atoms with Crippen molar-refractivity contribution in [1.29, 1.82) is 0 Å². The van der Waals surface area contributed by atoms with Gasteiger partial charge in [-0.15, -0.1) is 0 Å². The number of nitrogens with zero attached hydrogens (tertiary/aromatic N) is 1. The van der Waals surface area contributed by atoms with Crippen LogP contribution in [0, 0.1) is 0 Å². The number of carbonyl (C=O) groups is 7. The minimum Gasteiger partial charge on any atom is -0.383 e. The number of piperidine rings is 1. The first kappa shape index (κ1) is 46.5. The van der Waals surface area contributed by atoms with Gasteiger partial charge in [-0.05, 0) is 73.2 Å². The Morgan fingerprint density at radius 1 is 0.609 bits per heavy atom. The molecule has 20 nitrogen and oxygen atoms in total. The van der Waals surface area contributed by atoms with Crippen molar-refractivity contribution in [1.82, 2.24) is 20.5 Å². The van der Waals surface area contributed by atoms with Crippen molar-refractivity contribution < 1.29 is 57.2 Å². The van der Waals surface area contributed by atoms with Gasteiger partial charge in [-0.3, -0.25) is 39.0 Å². The van der Waals surface area contributed by atoms with E-state index in [2.05, 4.69) is 36.9 Å². The molecule has 8 amide bonds. The molecule has 4 aromatic rings. The molecule has 3 aromatic carbocycles. The van der Waals surface area contributed by atoms with E-state index in [9.17, 15) is 33.6 Å². The highest BCUT2D eigenvalue weighted by molar-refractivity contribution is 6.23. The van der Waals surface area contributed by atoms with Gasteiger partial charge in [0.2, 0.25) is 23.6 Å². The van der Waals surface area contributed by atoms with E-state index in [1.54, 1.807) is 48.5 Å². The third-order valence-electron chi connectivity index (χ3n) is 9.66. The molecule has 1 unspecified atom stereocenters. The fourth-order valence-electron chi connectivity index (χ4n) is 6.53. The normalized spacial score (nSPS) is 14.8. The van der Waals surface area contributed by atoms with E-state index in [0.717, 1.165) is 28.0 Å². The third kappa shape index (κ3) is 14.0. The van der Waals surface area contributed by atoms with E-state index < -0.39 is 47.5 Å². The fourth-order valence-corrected chi connectivity index (χ4v) is 6.53. The quantitative estimate of drug-likeness (QED) is 0.0288. The van der Waals surface area contributed by atoms with Crippen LogP contribution in [0.15, 0.2) is 85.1 Å². The highest BCUT2D eigenvalue weighted by Gasteiger charge is 2.44. The molecule has 1 aromatic heterocycles. The van der Waals surface area contributed by atoms with Crippen LogP contribution in [0.2, 0.25) is 0 Å². The molecule has 20 heteroatoms. The number of amides is 8. The van der Waals surface area contributed by atoms with E-state index >= 15 is 0 Å². The summed E-state index contributed by atoms with van der Waals surface area (Å²) in [5.74, 6) is -3.13. The van der Waals surface area contributed by atoms with E-state index in [-0.39, 0.29) is 37.1 Å². The highest BCUT2D eigenvalue weighted by atomic mass is 16.6. The molecule has 1 saturated heterocycles. The maximum absolute atomic E-state index is 13.0. The number of aromatic amines is 1. The zero-order valence-electron chi connectivity index (χ0n) is 34.9. The average Bonchev–Trinajstić information content (AvgIpc) is 3.85. The lowest BCUT2D eigenvalue weighted by atomic mass is 10.0. The summed E-state index contributed by atoms with van der Waals surface area (Å²) >= 11 is 0. The number of aromatic nitrogens is 1. The molecule has 3 heterocycles. The van der Waals surface area contributed by atoms with Crippen molar-refractivity contribution >= 4 is 75.1 Å². The second kappa shape index (κ2) is 24.0. The number of carbonyl (C=O) groups excluding carboxylic acids is 7. The minimum absolute atomic E-state index is 0.0596. The van der Waals surface area contributed by atoms with Crippen LogP contribution in [0.4, 0.5) is 27.5 Å². The summed E-state index contributed by atoms with van der Waals surface area (Å²) in [5.41, 5.74) is 3.67. The summed E-state index contributed by atoms with van der Waals surface area (Å²) in [6.45, 7) is 4.28. The SMILES string of the molecule is O=C(/C=C/C(=O)Nc1ccc(NC(=O)Nc2ccc3[nH]ccc3c2)cc1)NCCOCCOCCOCCOCCOCCNc1ccc2c(c1)C(=O)N(C1CCC(=O)NC1=O)C2=O. The Morgan fingerprint density at radius 3 is 1.84 bits per heavy atom. The molecule has 0 spiro atoms. The number of rotatable bonds is 25. The standard InChI is InChI=1S/C44H50N8O12/c53-38(11-12-39(54)48-30-1-3-31(4-2-30)49-44(59)50-33-6-8-36-29(27-33)13-14-46-36)47-16-18-61-20-22-63-24-26-64-25-23-62-21-19-60-17-15-45-32-5-7-34-35(28-32)43(58)52(42(34)57)37-9-10-40(55)51-41(37)56/h1-8,11-14,27-28,37,45-46H,9-10,15-26H2,(H,47,53)(H,48,54)(H2,49,50,59)(H,51,55,56)/b12-11+. The van der Waals surface area contributed by atoms with E-state index in [1.165, 1.54) is 0 Å². The van der Waals surface area contributed by atoms with Gasteiger partial charge >= 0.3 is 6.03 Å². The molecular weight excluding hydrogens is 833 g/mol. The topological polar surface area (TPSA) is 257 Å².